The number of hydrogen-bond acceptors (Lipinski definition) is 3. The van der Waals surface area contributed by atoms with Crippen molar-refractivity contribution in [2.75, 3.05) is 13.2 Å². The molecule has 1 saturated heterocycles. The third kappa shape index (κ3) is 2.57. The summed E-state index contributed by atoms with van der Waals surface area (Å²) in [5, 5.41) is 3.57. The fraction of sp³-hybridized carbons (Fsp3) is 0.600. The molecule has 0 radical (unpaired) electrons. The van der Waals surface area contributed by atoms with E-state index >= 15 is 0 Å². The van der Waals surface area contributed by atoms with Gasteiger partial charge in [-0.3, -0.25) is 0 Å². The number of halogens is 1. The fourth-order valence-electron chi connectivity index (χ4n) is 1.66. The smallest absolute Gasteiger partial charge is 0.0701 e. The molecule has 0 amide bonds. The average Bonchev–Trinajstić information content (AvgIpc) is 2.75. The minimum absolute atomic E-state index is 0.429. The Hall–Kier alpha value is 0.1000. The quantitative estimate of drug-likeness (QED) is 0.916. The predicted octanol–water partition coefficient (Wildman–Crippen LogP) is 2.95. The largest absolute Gasteiger partial charge is 0.380 e. The second-order valence-electron chi connectivity index (χ2n) is 3.59. The first-order valence-electron chi connectivity index (χ1n) is 4.85. The molecule has 1 aromatic heterocycles. The summed E-state index contributed by atoms with van der Waals surface area (Å²) in [7, 11) is 0. The van der Waals surface area contributed by atoms with Gasteiger partial charge in [0.25, 0.3) is 0 Å². The maximum Gasteiger partial charge on any atom is 0.0701 e. The van der Waals surface area contributed by atoms with Crippen LogP contribution in [0.4, 0.5) is 0 Å². The molecule has 2 nitrogen and oxygen atoms in total. The van der Waals surface area contributed by atoms with E-state index in [0.29, 0.717) is 12.1 Å². The van der Waals surface area contributed by atoms with Crippen LogP contribution in [0.25, 0.3) is 0 Å². The summed E-state index contributed by atoms with van der Waals surface area (Å²) in [6.07, 6.45) is 1.14. The van der Waals surface area contributed by atoms with Gasteiger partial charge in [0.15, 0.2) is 0 Å². The van der Waals surface area contributed by atoms with Crippen molar-refractivity contribution in [3.8, 4) is 0 Å². The van der Waals surface area contributed by atoms with E-state index in [2.05, 4.69) is 40.3 Å². The summed E-state index contributed by atoms with van der Waals surface area (Å²) in [6.45, 7) is 3.96. The standard InChI is InChI=1S/C10H14BrNOS/c1-7(9-2-3-10(11)14-9)12-8-4-5-13-6-8/h2-3,7-8,12H,4-6H2,1H3/t7-,8?/m0/s1. The van der Waals surface area contributed by atoms with Gasteiger partial charge in [0.1, 0.15) is 0 Å². The molecular weight excluding hydrogens is 262 g/mol. The monoisotopic (exact) mass is 275 g/mol. The summed E-state index contributed by atoms with van der Waals surface area (Å²) in [6, 6.07) is 5.23. The SMILES string of the molecule is C[C@H](NC1CCOC1)c1ccc(Br)s1. The highest BCUT2D eigenvalue weighted by atomic mass is 79.9. The van der Waals surface area contributed by atoms with E-state index in [1.165, 1.54) is 8.66 Å². The van der Waals surface area contributed by atoms with Gasteiger partial charge in [-0.1, -0.05) is 0 Å². The van der Waals surface area contributed by atoms with Crippen LogP contribution in [-0.4, -0.2) is 19.3 Å². The Morgan fingerprint density at radius 3 is 3.07 bits per heavy atom. The number of thiophene rings is 1. The van der Waals surface area contributed by atoms with Crippen molar-refractivity contribution in [3.63, 3.8) is 0 Å². The van der Waals surface area contributed by atoms with Crippen molar-refractivity contribution in [2.45, 2.75) is 25.4 Å². The molecule has 1 unspecified atom stereocenters. The van der Waals surface area contributed by atoms with Gasteiger partial charge in [0, 0.05) is 23.6 Å². The van der Waals surface area contributed by atoms with E-state index in [4.69, 9.17) is 4.74 Å². The maximum absolute atomic E-state index is 5.33. The number of ether oxygens (including phenoxy) is 1. The van der Waals surface area contributed by atoms with Crippen molar-refractivity contribution in [1.82, 2.24) is 5.32 Å². The lowest BCUT2D eigenvalue weighted by Gasteiger charge is -2.16. The van der Waals surface area contributed by atoms with E-state index in [9.17, 15) is 0 Å². The molecule has 1 aliphatic heterocycles. The zero-order valence-corrected chi connectivity index (χ0v) is 10.5. The maximum atomic E-state index is 5.33. The van der Waals surface area contributed by atoms with E-state index in [1.54, 1.807) is 11.3 Å². The fourth-order valence-corrected chi connectivity index (χ4v) is 3.10. The van der Waals surface area contributed by atoms with Gasteiger partial charge in [-0.15, -0.1) is 11.3 Å². The molecule has 0 saturated carbocycles. The number of nitrogens with one attached hydrogen (secondary N) is 1. The average molecular weight is 276 g/mol. The van der Waals surface area contributed by atoms with Gasteiger partial charge in [0.05, 0.1) is 10.4 Å². The lowest BCUT2D eigenvalue weighted by atomic mass is 10.2. The van der Waals surface area contributed by atoms with Crippen LogP contribution in [0.15, 0.2) is 15.9 Å². The summed E-state index contributed by atoms with van der Waals surface area (Å²) in [4.78, 5) is 1.38. The zero-order valence-electron chi connectivity index (χ0n) is 8.13. The molecule has 1 N–H and O–H groups in total. The van der Waals surface area contributed by atoms with Crippen molar-refractivity contribution >= 4 is 27.3 Å². The van der Waals surface area contributed by atoms with E-state index in [1.807, 2.05) is 0 Å². The lowest BCUT2D eigenvalue weighted by molar-refractivity contribution is 0.188. The Morgan fingerprint density at radius 2 is 2.50 bits per heavy atom. The van der Waals surface area contributed by atoms with E-state index in [0.717, 1.165) is 19.6 Å². The molecule has 78 valence electrons. The van der Waals surface area contributed by atoms with Gasteiger partial charge < -0.3 is 10.1 Å². The Morgan fingerprint density at radius 1 is 1.64 bits per heavy atom. The highest BCUT2D eigenvalue weighted by Gasteiger charge is 2.18. The number of hydrogen-bond donors (Lipinski definition) is 1. The molecule has 0 aromatic carbocycles. The van der Waals surface area contributed by atoms with Gasteiger partial charge >= 0.3 is 0 Å². The van der Waals surface area contributed by atoms with Crippen molar-refractivity contribution in [2.24, 2.45) is 0 Å². The molecule has 0 aliphatic carbocycles. The van der Waals surface area contributed by atoms with Gasteiger partial charge in [-0.05, 0) is 41.4 Å². The molecule has 4 heteroatoms. The third-order valence-electron chi connectivity index (χ3n) is 2.44. The number of rotatable bonds is 3. The second-order valence-corrected chi connectivity index (χ2v) is 6.09. The highest BCUT2D eigenvalue weighted by molar-refractivity contribution is 9.11. The first kappa shape index (κ1) is 10.6. The molecule has 2 rings (SSSR count). The molecule has 2 atom stereocenters. The summed E-state index contributed by atoms with van der Waals surface area (Å²) < 4.78 is 6.53. The van der Waals surface area contributed by atoms with Crippen LogP contribution < -0.4 is 5.32 Å². The minimum Gasteiger partial charge on any atom is -0.380 e. The van der Waals surface area contributed by atoms with Crippen molar-refractivity contribution in [3.05, 3.63) is 20.8 Å². The van der Waals surface area contributed by atoms with Crippen LogP contribution >= 0.6 is 27.3 Å². The van der Waals surface area contributed by atoms with Crippen LogP contribution in [0.1, 0.15) is 24.3 Å². The molecule has 1 fully saturated rings. The summed E-state index contributed by atoms with van der Waals surface area (Å²) >= 11 is 5.27. The van der Waals surface area contributed by atoms with Crippen LogP contribution in [0.2, 0.25) is 0 Å². The first-order chi connectivity index (χ1) is 6.75. The minimum atomic E-state index is 0.429. The second kappa shape index (κ2) is 4.75. The molecule has 14 heavy (non-hydrogen) atoms. The molecule has 0 bridgehead atoms. The molecule has 2 heterocycles. The van der Waals surface area contributed by atoms with Crippen molar-refractivity contribution < 1.29 is 4.74 Å². The van der Waals surface area contributed by atoms with Crippen LogP contribution in [0.5, 0.6) is 0 Å². The van der Waals surface area contributed by atoms with E-state index in [-0.39, 0.29) is 0 Å². The van der Waals surface area contributed by atoms with Crippen LogP contribution in [0.3, 0.4) is 0 Å². The lowest BCUT2D eigenvalue weighted by Crippen LogP contribution is -2.31. The zero-order chi connectivity index (χ0) is 9.97. The summed E-state index contributed by atoms with van der Waals surface area (Å²) in [5.41, 5.74) is 0. The normalized spacial score (nSPS) is 24.0. The topological polar surface area (TPSA) is 21.3 Å². The Balaban J connectivity index is 1.91. The first-order valence-corrected chi connectivity index (χ1v) is 6.45. The van der Waals surface area contributed by atoms with Gasteiger partial charge in [0.2, 0.25) is 0 Å². The van der Waals surface area contributed by atoms with E-state index < -0.39 is 0 Å². The van der Waals surface area contributed by atoms with Gasteiger partial charge in [-0.25, -0.2) is 0 Å². The molecule has 0 spiro atoms. The molecule has 1 aliphatic rings. The highest BCUT2D eigenvalue weighted by Crippen LogP contribution is 2.27. The Labute approximate surface area is 96.8 Å². The predicted molar refractivity (Wildman–Crippen MR) is 62.8 cm³/mol. The Bertz CT molecular complexity index is 296. The van der Waals surface area contributed by atoms with Crippen LogP contribution in [0, 0.1) is 0 Å². The third-order valence-corrected chi connectivity index (χ3v) is 4.24. The summed E-state index contributed by atoms with van der Waals surface area (Å²) in [5.74, 6) is 0. The van der Waals surface area contributed by atoms with Crippen molar-refractivity contribution in [1.29, 1.82) is 0 Å². The molecular formula is C10H14BrNOS. The van der Waals surface area contributed by atoms with Crippen LogP contribution in [-0.2, 0) is 4.74 Å². The Kier molecular flexibility index (Phi) is 3.60. The van der Waals surface area contributed by atoms with Gasteiger partial charge in [-0.2, -0.15) is 0 Å². The molecule has 1 aromatic rings.